The normalized spacial score (nSPS) is 12.8. The fourth-order valence-corrected chi connectivity index (χ4v) is 5.49. The van der Waals surface area contributed by atoms with Crippen LogP contribution in [0.5, 0.6) is 5.75 Å². The van der Waals surface area contributed by atoms with Crippen LogP contribution in [0, 0.1) is 6.92 Å². The Bertz CT molecular complexity index is 1390. The first kappa shape index (κ1) is 31.0. The van der Waals surface area contributed by atoms with Gasteiger partial charge in [0, 0.05) is 17.6 Å². The van der Waals surface area contributed by atoms with E-state index in [0.29, 0.717) is 16.5 Å². The summed E-state index contributed by atoms with van der Waals surface area (Å²) in [5.74, 6) is -0.344. The lowest BCUT2D eigenvalue weighted by Gasteiger charge is -2.32. The lowest BCUT2D eigenvalue weighted by Crippen LogP contribution is -2.52. The van der Waals surface area contributed by atoms with Crippen LogP contribution in [-0.4, -0.2) is 50.9 Å². The van der Waals surface area contributed by atoms with Gasteiger partial charge in [-0.3, -0.25) is 13.9 Å². The number of anilines is 1. The van der Waals surface area contributed by atoms with Gasteiger partial charge < -0.3 is 15.0 Å². The van der Waals surface area contributed by atoms with E-state index in [1.54, 1.807) is 67.6 Å². The highest BCUT2D eigenvalue weighted by Crippen LogP contribution is 2.26. The average molecular weight is 586 g/mol. The van der Waals surface area contributed by atoms with Gasteiger partial charge in [-0.15, -0.1) is 0 Å². The smallest absolute Gasteiger partial charge is 0.264 e. The molecule has 8 nitrogen and oxygen atoms in total. The van der Waals surface area contributed by atoms with Crippen molar-refractivity contribution in [3.63, 3.8) is 0 Å². The quantitative estimate of drug-likeness (QED) is 0.316. The fraction of sp³-hybridized carbons (Fsp3) is 0.333. The molecule has 0 unspecified atom stereocenters. The highest BCUT2D eigenvalue weighted by molar-refractivity contribution is 7.92. The van der Waals surface area contributed by atoms with E-state index in [1.807, 2.05) is 20.8 Å². The molecule has 0 fully saturated rings. The van der Waals surface area contributed by atoms with E-state index in [4.69, 9.17) is 16.3 Å². The second-order valence-electron chi connectivity index (χ2n) is 9.66. The Morgan fingerprint density at radius 2 is 1.55 bits per heavy atom. The first-order chi connectivity index (χ1) is 19.0. The molecule has 10 heteroatoms. The number of benzene rings is 3. The lowest BCUT2D eigenvalue weighted by molar-refractivity contribution is -0.139. The predicted molar refractivity (Wildman–Crippen MR) is 158 cm³/mol. The van der Waals surface area contributed by atoms with Gasteiger partial charge in [0.2, 0.25) is 11.8 Å². The molecule has 0 radical (unpaired) electrons. The maximum absolute atomic E-state index is 13.9. The van der Waals surface area contributed by atoms with Crippen LogP contribution >= 0.6 is 11.6 Å². The van der Waals surface area contributed by atoms with Crippen LogP contribution in [0.2, 0.25) is 5.02 Å². The SMILES string of the molecule is CC[C@H](C)NC(=O)[C@H](C)N(Cc1ccc(Cl)cc1)C(=O)CN(c1ccc(C)cc1)S(=O)(=O)c1ccc(OC)cc1. The molecule has 0 aromatic heterocycles. The van der Waals surface area contributed by atoms with E-state index in [9.17, 15) is 18.0 Å². The number of amides is 2. The van der Waals surface area contributed by atoms with E-state index in [0.717, 1.165) is 21.9 Å². The molecule has 214 valence electrons. The van der Waals surface area contributed by atoms with E-state index in [-0.39, 0.29) is 23.4 Å². The molecule has 0 aliphatic carbocycles. The van der Waals surface area contributed by atoms with Crippen molar-refractivity contribution in [2.24, 2.45) is 0 Å². The summed E-state index contributed by atoms with van der Waals surface area (Å²) in [5.41, 5.74) is 2.02. The Morgan fingerprint density at radius 3 is 2.10 bits per heavy atom. The second kappa shape index (κ2) is 13.7. The predicted octanol–water partition coefficient (Wildman–Crippen LogP) is 5.18. The van der Waals surface area contributed by atoms with Crippen molar-refractivity contribution in [1.82, 2.24) is 10.2 Å². The molecule has 3 aromatic rings. The first-order valence-corrected chi connectivity index (χ1v) is 14.9. The first-order valence-electron chi connectivity index (χ1n) is 13.0. The van der Waals surface area contributed by atoms with Crippen LogP contribution in [0.1, 0.15) is 38.3 Å². The molecule has 3 aromatic carbocycles. The summed E-state index contributed by atoms with van der Waals surface area (Å²) in [6.07, 6.45) is 0.727. The van der Waals surface area contributed by atoms with Crippen LogP contribution in [0.4, 0.5) is 5.69 Å². The van der Waals surface area contributed by atoms with Crippen LogP contribution in [0.15, 0.2) is 77.7 Å². The summed E-state index contributed by atoms with van der Waals surface area (Å²) in [6.45, 7) is 6.95. The third kappa shape index (κ3) is 7.76. The molecule has 40 heavy (non-hydrogen) atoms. The summed E-state index contributed by atoms with van der Waals surface area (Å²) >= 11 is 6.05. The zero-order valence-corrected chi connectivity index (χ0v) is 25.0. The van der Waals surface area contributed by atoms with Gasteiger partial charge in [-0.05, 0) is 81.3 Å². The van der Waals surface area contributed by atoms with Gasteiger partial charge in [0.25, 0.3) is 10.0 Å². The van der Waals surface area contributed by atoms with Gasteiger partial charge in [-0.25, -0.2) is 8.42 Å². The number of halogens is 1. The van der Waals surface area contributed by atoms with Gasteiger partial charge in [0.1, 0.15) is 18.3 Å². The number of aryl methyl sites for hydroxylation is 1. The van der Waals surface area contributed by atoms with Crippen molar-refractivity contribution in [3.8, 4) is 5.75 Å². The average Bonchev–Trinajstić information content (AvgIpc) is 2.95. The van der Waals surface area contributed by atoms with Gasteiger partial charge in [-0.2, -0.15) is 0 Å². The third-order valence-electron chi connectivity index (χ3n) is 6.68. The molecular formula is C30H36ClN3O5S. The number of nitrogens with zero attached hydrogens (tertiary/aromatic N) is 2. The maximum Gasteiger partial charge on any atom is 0.264 e. The Morgan fingerprint density at radius 1 is 0.950 bits per heavy atom. The van der Waals surface area contributed by atoms with Crippen LogP contribution < -0.4 is 14.4 Å². The van der Waals surface area contributed by atoms with Crippen molar-refractivity contribution in [2.45, 2.75) is 57.6 Å². The Balaban J connectivity index is 2.01. The molecule has 0 aliphatic heterocycles. The van der Waals surface area contributed by atoms with Gasteiger partial charge in [-0.1, -0.05) is 48.4 Å². The Kier molecular flexibility index (Phi) is 10.6. The van der Waals surface area contributed by atoms with Crippen molar-refractivity contribution >= 4 is 39.1 Å². The highest BCUT2D eigenvalue weighted by atomic mass is 35.5. The van der Waals surface area contributed by atoms with Crippen molar-refractivity contribution in [2.75, 3.05) is 18.0 Å². The highest BCUT2D eigenvalue weighted by Gasteiger charge is 2.32. The number of rotatable bonds is 12. The Hall–Kier alpha value is -3.56. The molecule has 0 spiro atoms. The van der Waals surface area contributed by atoms with E-state index < -0.39 is 28.5 Å². The molecule has 0 heterocycles. The number of hydrogen-bond donors (Lipinski definition) is 1. The standard InChI is InChI=1S/C30H36ClN3O5S/c1-6-22(3)32-30(36)23(4)33(19-24-9-11-25(31)12-10-24)29(35)20-34(26-13-7-21(2)8-14-26)40(37,38)28-17-15-27(39-5)16-18-28/h7-18,22-23H,6,19-20H2,1-5H3,(H,32,36)/t22-,23-/m0/s1. The monoisotopic (exact) mass is 585 g/mol. The maximum atomic E-state index is 13.9. The van der Waals surface area contributed by atoms with Crippen LogP contribution in [-0.2, 0) is 26.2 Å². The van der Waals surface area contributed by atoms with Gasteiger partial charge in [0.05, 0.1) is 17.7 Å². The summed E-state index contributed by atoms with van der Waals surface area (Å²) < 4.78 is 34.0. The number of ether oxygens (including phenoxy) is 1. The minimum absolute atomic E-state index is 0.00786. The summed E-state index contributed by atoms with van der Waals surface area (Å²) in [4.78, 5) is 28.4. The van der Waals surface area contributed by atoms with E-state index in [2.05, 4.69) is 5.32 Å². The van der Waals surface area contributed by atoms with E-state index >= 15 is 0 Å². The number of carbonyl (C=O) groups is 2. The molecule has 1 N–H and O–H groups in total. The Labute approximate surface area is 241 Å². The van der Waals surface area contributed by atoms with Crippen LogP contribution in [0.25, 0.3) is 0 Å². The largest absolute Gasteiger partial charge is 0.497 e. The molecule has 0 saturated heterocycles. The number of methoxy groups -OCH3 is 1. The number of sulfonamides is 1. The summed E-state index contributed by atoms with van der Waals surface area (Å²) in [6, 6.07) is 18.9. The molecular weight excluding hydrogens is 550 g/mol. The van der Waals surface area contributed by atoms with E-state index in [1.165, 1.54) is 24.1 Å². The zero-order chi connectivity index (χ0) is 29.4. The minimum Gasteiger partial charge on any atom is -0.497 e. The van der Waals surface area contributed by atoms with Gasteiger partial charge in [0.15, 0.2) is 0 Å². The molecule has 0 saturated carbocycles. The topological polar surface area (TPSA) is 96.0 Å². The molecule has 2 atom stereocenters. The third-order valence-corrected chi connectivity index (χ3v) is 8.72. The van der Waals surface area contributed by atoms with Crippen molar-refractivity contribution in [3.05, 3.63) is 88.9 Å². The molecule has 2 amide bonds. The molecule has 3 rings (SSSR count). The zero-order valence-electron chi connectivity index (χ0n) is 23.4. The second-order valence-corrected chi connectivity index (χ2v) is 12.0. The molecule has 0 bridgehead atoms. The van der Waals surface area contributed by atoms with Crippen LogP contribution in [0.3, 0.4) is 0 Å². The number of hydrogen-bond acceptors (Lipinski definition) is 5. The lowest BCUT2D eigenvalue weighted by atomic mass is 10.1. The van der Waals surface area contributed by atoms with Crippen molar-refractivity contribution < 1.29 is 22.7 Å². The summed E-state index contributed by atoms with van der Waals surface area (Å²) in [5, 5.41) is 3.46. The molecule has 0 aliphatic rings. The van der Waals surface area contributed by atoms with Gasteiger partial charge >= 0.3 is 0 Å². The summed E-state index contributed by atoms with van der Waals surface area (Å²) in [7, 11) is -2.66. The fourth-order valence-electron chi connectivity index (χ4n) is 3.95. The number of nitrogens with one attached hydrogen (secondary N) is 1. The number of carbonyl (C=O) groups excluding carboxylic acids is 2. The van der Waals surface area contributed by atoms with Crippen molar-refractivity contribution in [1.29, 1.82) is 0 Å². The minimum atomic E-state index is -4.16.